The van der Waals surface area contributed by atoms with Gasteiger partial charge >= 0.3 is 0 Å². The van der Waals surface area contributed by atoms with E-state index in [2.05, 4.69) is 20.4 Å². The number of hydrogen-bond acceptors (Lipinski definition) is 6. The van der Waals surface area contributed by atoms with E-state index >= 15 is 0 Å². The zero-order valence-corrected chi connectivity index (χ0v) is 17.0. The van der Waals surface area contributed by atoms with Crippen LogP contribution in [0.25, 0.3) is 11.5 Å². The number of rotatable bonds is 9. The zero-order valence-electron chi connectivity index (χ0n) is 17.0. The molecule has 1 heterocycles. The summed E-state index contributed by atoms with van der Waals surface area (Å²) in [6.07, 6.45) is 0.694. The Morgan fingerprint density at radius 3 is 2.48 bits per heavy atom. The van der Waals surface area contributed by atoms with Crippen molar-refractivity contribution in [1.29, 1.82) is 0 Å². The van der Waals surface area contributed by atoms with Gasteiger partial charge in [-0.1, -0.05) is 30.3 Å². The van der Waals surface area contributed by atoms with E-state index < -0.39 is 0 Å². The minimum atomic E-state index is -0.0511. The summed E-state index contributed by atoms with van der Waals surface area (Å²) < 4.78 is 10.9. The van der Waals surface area contributed by atoms with E-state index in [0.29, 0.717) is 31.2 Å². The van der Waals surface area contributed by atoms with Crippen LogP contribution < -0.4 is 10.1 Å². The Bertz CT molecular complexity index is 907. The van der Waals surface area contributed by atoms with Crippen LogP contribution in [0.2, 0.25) is 0 Å². The molecule has 0 fully saturated rings. The fraction of sp³-hybridized carbons (Fsp3) is 0.318. The summed E-state index contributed by atoms with van der Waals surface area (Å²) in [6, 6.07) is 17.5. The number of aromatic nitrogens is 2. The van der Waals surface area contributed by atoms with Gasteiger partial charge in [-0.15, -0.1) is 10.2 Å². The average Bonchev–Trinajstić information content (AvgIpc) is 3.22. The summed E-state index contributed by atoms with van der Waals surface area (Å²) in [6.45, 7) is 0.511. The maximum Gasteiger partial charge on any atom is 0.247 e. The molecule has 0 bridgehead atoms. The summed E-state index contributed by atoms with van der Waals surface area (Å²) in [4.78, 5) is 14.4. The number of carbonyl (C=O) groups excluding carboxylic acids is 1. The number of hydrogen-bond donors (Lipinski definition) is 1. The van der Waals surface area contributed by atoms with Crippen molar-refractivity contribution >= 4 is 5.91 Å². The molecular weight excluding hydrogens is 368 g/mol. The third kappa shape index (κ3) is 5.65. The number of benzene rings is 2. The average molecular weight is 394 g/mol. The second kappa shape index (κ2) is 9.84. The van der Waals surface area contributed by atoms with Crippen molar-refractivity contribution in [1.82, 2.24) is 20.4 Å². The molecule has 1 aromatic heterocycles. The SMILES string of the molecule is COc1ccc([C@@H](CNC(=O)CCc2nnc(-c3ccccc3)o2)N(C)C)cc1. The molecule has 1 amide bonds. The molecular formula is C22H26N4O3. The fourth-order valence-corrected chi connectivity index (χ4v) is 3.00. The molecule has 1 atom stereocenters. The highest BCUT2D eigenvalue weighted by molar-refractivity contribution is 5.76. The van der Waals surface area contributed by atoms with Gasteiger partial charge in [0.15, 0.2) is 0 Å². The number of amides is 1. The third-order valence-electron chi connectivity index (χ3n) is 4.67. The van der Waals surface area contributed by atoms with Crippen LogP contribution in [0.4, 0.5) is 0 Å². The van der Waals surface area contributed by atoms with E-state index in [1.165, 1.54) is 0 Å². The maximum atomic E-state index is 12.3. The quantitative estimate of drug-likeness (QED) is 0.601. The smallest absolute Gasteiger partial charge is 0.247 e. The Morgan fingerprint density at radius 2 is 1.83 bits per heavy atom. The number of nitrogens with zero attached hydrogens (tertiary/aromatic N) is 3. The lowest BCUT2D eigenvalue weighted by atomic mass is 10.1. The van der Waals surface area contributed by atoms with Crippen LogP contribution in [0, 0.1) is 0 Å². The molecule has 0 saturated heterocycles. The molecule has 152 valence electrons. The first kappa shape index (κ1) is 20.5. The van der Waals surface area contributed by atoms with Crippen molar-refractivity contribution in [2.75, 3.05) is 27.7 Å². The van der Waals surface area contributed by atoms with E-state index in [4.69, 9.17) is 9.15 Å². The van der Waals surface area contributed by atoms with Crippen molar-refractivity contribution in [2.45, 2.75) is 18.9 Å². The minimum absolute atomic E-state index is 0.0511. The van der Waals surface area contributed by atoms with Crippen LogP contribution in [0.3, 0.4) is 0 Å². The number of likely N-dealkylation sites (N-methyl/N-ethyl adjacent to an activating group) is 1. The van der Waals surface area contributed by atoms with E-state index in [-0.39, 0.29) is 11.9 Å². The topological polar surface area (TPSA) is 80.5 Å². The van der Waals surface area contributed by atoms with Gasteiger partial charge in [0.1, 0.15) is 5.75 Å². The van der Waals surface area contributed by atoms with Gasteiger partial charge in [-0.05, 0) is 43.9 Å². The summed E-state index contributed by atoms with van der Waals surface area (Å²) in [5, 5.41) is 11.1. The zero-order chi connectivity index (χ0) is 20.6. The van der Waals surface area contributed by atoms with Gasteiger partial charge in [-0.25, -0.2) is 0 Å². The van der Waals surface area contributed by atoms with Gasteiger partial charge < -0.3 is 19.4 Å². The van der Waals surface area contributed by atoms with E-state index in [0.717, 1.165) is 16.9 Å². The Balaban J connectivity index is 1.51. The van der Waals surface area contributed by atoms with Gasteiger partial charge in [0.2, 0.25) is 17.7 Å². The molecule has 2 aromatic carbocycles. The fourth-order valence-electron chi connectivity index (χ4n) is 3.00. The Labute approximate surface area is 170 Å². The van der Waals surface area contributed by atoms with Crippen molar-refractivity contribution in [3.63, 3.8) is 0 Å². The van der Waals surface area contributed by atoms with Crippen molar-refractivity contribution in [3.8, 4) is 17.2 Å². The number of methoxy groups -OCH3 is 1. The molecule has 7 heteroatoms. The Hall–Kier alpha value is -3.19. The predicted molar refractivity (Wildman–Crippen MR) is 110 cm³/mol. The first-order valence-corrected chi connectivity index (χ1v) is 9.51. The molecule has 7 nitrogen and oxygen atoms in total. The summed E-state index contributed by atoms with van der Waals surface area (Å²) in [5.74, 6) is 1.68. The molecule has 0 aliphatic heterocycles. The van der Waals surface area contributed by atoms with Crippen LogP contribution in [-0.2, 0) is 11.2 Å². The van der Waals surface area contributed by atoms with Crippen LogP contribution >= 0.6 is 0 Å². The molecule has 0 aliphatic rings. The lowest BCUT2D eigenvalue weighted by Crippen LogP contribution is -2.34. The maximum absolute atomic E-state index is 12.3. The van der Waals surface area contributed by atoms with Gasteiger partial charge in [-0.3, -0.25) is 4.79 Å². The lowest BCUT2D eigenvalue weighted by molar-refractivity contribution is -0.121. The molecule has 0 unspecified atom stereocenters. The Morgan fingerprint density at radius 1 is 1.10 bits per heavy atom. The molecule has 0 spiro atoms. The van der Waals surface area contributed by atoms with E-state index in [9.17, 15) is 4.79 Å². The molecule has 1 N–H and O–H groups in total. The molecule has 29 heavy (non-hydrogen) atoms. The van der Waals surface area contributed by atoms with Gasteiger partial charge in [0.25, 0.3) is 0 Å². The minimum Gasteiger partial charge on any atom is -0.497 e. The normalized spacial score (nSPS) is 12.0. The van der Waals surface area contributed by atoms with Crippen molar-refractivity contribution < 1.29 is 13.9 Å². The summed E-state index contributed by atoms with van der Waals surface area (Å²) in [7, 11) is 5.63. The molecule has 0 aliphatic carbocycles. The first-order valence-electron chi connectivity index (χ1n) is 9.51. The van der Waals surface area contributed by atoms with Crippen molar-refractivity contribution in [3.05, 3.63) is 66.1 Å². The van der Waals surface area contributed by atoms with E-state index in [1.807, 2.05) is 68.7 Å². The van der Waals surface area contributed by atoms with Crippen LogP contribution in [0.1, 0.15) is 23.9 Å². The van der Waals surface area contributed by atoms with E-state index in [1.54, 1.807) is 7.11 Å². The molecule has 3 rings (SSSR count). The third-order valence-corrected chi connectivity index (χ3v) is 4.67. The standard InChI is InChI=1S/C22H26N4O3/c1-26(2)19(16-9-11-18(28-3)12-10-16)15-23-20(27)13-14-21-24-25-22(29-21)17-7-5-4-6-8-17/h4-12,19H,13-15H2,1-3H3,(H,23,27)/t19-/m1/s1. The summed E-state index contributed by atoms with van der Waals surface area (Å²) >= 11 is 0. The number of ether oxygens (including phenoxy) is 1. The molecule has 0 saturated carbocycles. The number of aryl methyl sites for hydroxylation is 1. The van der Waals surface area contributed by atoms with Gasteiger partial charge in [0, 0.05) is 24.9 Å². The van der Waals surface area contributed by atoms with Crippen LogP contribution in [-0.4, -0.2) is 48.8 Å². The van der Waals surface area contributed by atoms with Gasteiger partial charge in [0.05, 0.1) is 13.2 Å². The molecule has 3 aromatic rings. The summed E-state index contributed by atoms with van der Waals surface area (Å²) in [5.41, 5.74) is 1.98. The largest absolute Gasteiger partial charge is 0.497 e. The second-order valence-electron chi connectivity index (χ2n) is 6.92. The van der Waals surface area contributed by atoms with Crippen molar-refractivity contribution in [2.24, 2.45) is 0 Å². The predicted octanol–water partition coefficient (Wildman–Crippen LogP) is 3.10. The highest BCUT2D eigenvalue weighted by Crippen LogP contribution is 2.21. The molecule has 0 radical (unpaired) electrons. The number of nitrogens with one attached hydrogen (secondary N) is 1. The lowest BCUT2D eigenvalue weighted by Gasteiger charge is -2.25. The monoisotopic (exact) mass is 394 g/mol. The van der Waals surface area contributed by atoms with Crippen LogP contribution in [0.5, 0.6) is 5.75 Å². The first-order chi connectivity index (χ1) is 14.1. The highest BCUT2D eigenvalue weighted by Gasteiger charge is 2.16. The van der Waals surface area contributed by atoms with Gasteiger partial charge in [-0.2, -0.15) is 0 Å². The second-order valence-corrected chi connectivity index (χ2v) is 6.92. The highest BCUT2D eigenvalue weighted by atomic mass is 16.5. The van der Waals surface area contributed by atoms with Crippen LogP contribution in [0.15, 0.2) is 59.0 Å². The Kier molecular flexibility index (Phi) is 6.97. The number of carbonyl (C=O) groups is 1.